The Labute approximate surface area is 207 Å². The van der Waals surface area contributed by atoms with Crippen LogP contribution < -0.4 is 18.9 Å². The fourth-order valence-corrected chi connectivity index (χ4v) is 5.60. The number of carbonyl (C=O) groups is 1. The summed E-state index contributed by atoms with van der Waals surface area (Å²) < 4.78 is 21.7. The highest BCUT2D eigenvalue weighted by Gasteiger charge is 2.65. The lowest BCUT2D eigenvalue weighted by atomic mass is 9.57. The second-order valence-corrected chi connectivity index (χ2v) is 9.48. The van der Waals surface area contributed by atoms with Crippen molar-refractivity contribution in [3.05, 3.63) is 47.5 Å². The Morgan fingerprint density at radius 2 is 1.43 bits per heavy atom. The zero-order valence-corrected chi connectivity index (χ0v) is 21.8. The van der Waals surface area contributed by atoms with Crippen molar-refractivity contribution in [2.45, 2.75) is 39.5 Å². The molecule has 1 atom stereocenters. The topological polar surface area (TPSA) is 89.8 Å². The van der Waals surface area contributed by atoms with Crippen LogP contribution in [0.4, 0.5) is 0 Å². The van der Waals surface area contributed by atoms with Crippen molar-refractivity contribution < 1.29 is 28.9 Å². The number of rotatable bonds is 9. The molecule has 0 spiro atoms. The summed E-state index contributed by atoms with van der Waals surface area (Å²) >= 11 is 0. The van der Waals surface area contributed by atoms with E-state index in [1.54, 1.807) is 33.3 Å². The summed E-state index contributed by atoms with van der Waals surface area (Å²) in [5, 5.41) is 14.1. The Morgan fingerprint density at radius 1 is 0.886 bits per heavy atom. The number of likely N-dealkylation sites (tertiary alicyclic amines) is 1. The maximum Gasteiger partial charge on any atom is 0.235 e. The second-order valence-electron chi connectivity index (χ2n) is 9.48. The number of ether oxygens (including phenoxy) is 4. The van der Waals surface area contributed by atoms with Crippen molar-refractivity contribution in [2.75, 3.05) is 35.0 Å². The third-order valence-corrected chi connectivity index (χ3v) is 7.25. The molecule has 0 saturated carbocycles. The van der Waals surface area contributed by atoms with E-state index in [1.807, 2.05) is 64.1 Å². The zero-order chi connectivity index (χ0) is 26.0. The third-order valence-electron chi connectivity index (χ3n) is 7.25. The van der Waals surface area contributed by atoms with Crippen LogP contribution in [-0.4, -0.2) is 56.8 Å². The van der Waals surface area contributed by atoms with Gasteiger partial charge in [0.1, 0.15) is 0 Å². The number of amidine groups is 1. The second kappa shape index (κ2) is 10.1. The first-order valence-electron chi connectivity index (χ1n) is 11.6. The van der Waals surface area contributed by atoms with E-state index in [9.17, 15) is 10.0 Å². The normalized spacial score (nSPS) is 20.4. The highest BCUT2D eigenvalue weighted by atomic mass is 16.5. The fraction of sp³-hybridized carbons (Fsp3) is 0.481. The molecule has 35 heavy (non-hydrogen) atoms. The van der Waals surface area contributed by atoms with Gasteiger partial charge >= 0.3 is 0 Å². The number of benzene rings is 2. The molecule has 8 nitrogen and oxygen atoms in total. The molecule has 0 bridgehead atoms. The van der Waals surface area contributed by atoms with Crippen molar-refractivity contribution in [1.82, 2.24) is 4.90 Å². The number of oxime groups is 1. The van der Waals surface area contributed by atoms with Crippen LogP contribution >= 0.6 is 0 Å². The van der Waals surface area contributed by atoms with Gasteiger partial charge in [-0.1, -0.05) is 31.1 Å². The van der Waals surface area contributed by atoms with Crippen LogP contribution in [0.15, 0.2) is 41.6 Å². The summed E-state index contributed by atoms with van der Waals surface area (Å²) in [6.45, 7) is 8.24. The van der Waals surface area contributed by atoms with Crippen LogP contribution in [0.3, 0.4) is 0 Å². The predicted molar refractivity (Wildman–Crippen MR) is 134 cm³/mol. The lowest BCUT2D eigenvalue weighted by Crippen LogP contribution is -2.49. The molecular weight excluding hydrogens is 448 g/mol. The van der Waals surface area contributed by atoms with Crippen LogP contribution in [0.25, 0.3) is 0 Å². The molecule has 2 aromatic carbocycles. The first kappa shape index (κ1) is 26.2. The van der Waals surface area contributed by atoms with Crippen molar-refractivity contribution in [3.63, 3.8) is 0 Å². The minimum atomic E-state index is -0.893. The molecule has 1 amide bonds. The van der Waals surface area contributed by atoms with E-state index in [-0.39, 0.29) is 11.8 Å². The van der Waals surface area contributed by atoms with Gasteiger partial charge in [-0.3, -0.25) is 9.69 Å². The van der Waals surface area contributed by atoms with Crippen LogP contribution in [-0.2, 0) is 16.6 Å². The summed E-state index contributed by atoms with van der Waals surface area (Å²) in [5.74, 6) is 2.55. The van der Waals surface area contributed by atoms with Crippen molar-refractivity contribution in [3.8, 4) is 23.0 Å². The van der Waals surface area contributed by atoms with E-state index in [2.05, 4.69) is 5.16 Å². The number of carbonyl (C=O) groups excluding carboxylic acids is 1. The van der Waals surface area contributed by atoms with Gasteiger partial charge in [0.25, 0.3) is 0 Å². The third kappa shape index (κ3) is 4.05. The van der Waals surface area contributed by atoms with Gasteiger partial charge in [0, 0.05) is 6.54 Å². The summed E-state index contributed by atoms with van der Waals surface area (Å²) in [4.78, 5) is 15.5. The molecule has 8 heteroatoms. The highest BCUT2D eigenvalue weighted by Crippen LogP contribution is 2.55. The summed E-state index contributed by atoms with van der Waals surface area (Å²) in [6, 6.07) is 11.3. The molecule has 0 radical (unpaired) electrons. The molecule has 1 unspecified atom stereocenters. The van der Waals surface area contributed by atoms with Gasteiger partial charge in [-0.25, -0.2) is 0 Å². The van der Waals surface area contributed by atoms with Gasteiger partial charge < -0.3 is 24.2 Å². The molecule has 190 valence electrons. The quantitative estimate of drug-likeness (QED) is 0.416. The minimum Gasteiger partial charge on any atom is -0.493 e. The van der Waals surface area contributed by atoms with Crippen LogP contribution in [0.5, 0.6) is 23.0 Å². The Morgan fingerprint density at radius 3 is 1.94 bits per heavy atom. The van der Waals surface area contributed by atoms with E-state index >= 15 is 0 Å². The molecular formula is C27H36N2O6. The molecule has 1 N–H and O–H groups in total. The van der Waals surface area contributed by atoms with E-state index in [0.29, 0.717) is 41.8 Å². The molecule has 1 saturated heterocycles. The Hall–Kier alpha value is -3.42. The van der Waals surface area contributed by atoms with Gasteiger partial charge in [-0.2, -0.15) is 0 Å². The SMILES string of the molecule is COc1ccc(CCN2C(=O)C(C)(C)C(c3ccc(OC)c(OC)c3)(C(C)C)/C2=N\O)cc1OC. The maximum atomic E-state index is 13.8. The number of hydrogen-bond donors (Lipinski definition) is 1. The predicted octanol–water partition coefficient (Wildman–Crippen LogP) is 4.51. The van der Waals surface area contributed by atoms with Crippen LogP contribution in [0.2, 0.25) is 0 Å². The molecule has 1 heterocycles. The Kier molecular flexibility index (Phi) is 7.53. The lowest BCUT2D eigenvalue weighted by Gasteiger charge is -2.42. The van der Waals surface area contributed by atoms with E-state index in [1.165, 1.54) is 0 Å². The minimum absolute atomic E-state index is 0.0727. The molecule has 0 aliphatic carbocycles. The number of amides is 1. The van der Waals surface area contributed by atoms with Crippen LogP contribution in [0, 0.1) is 11.3 Å². The smallest absolute Gasteiger partial charge is 0.235 e. The van der Waals surface area contributed by atoms with E-state index < -0.39 is 10.8 Å². The molecule has 1 aliphatic rings. The fourth-order valence-electron chi connectivity index (χ4n) is 5.60. The standard InChI is InChI=1S/C27H36N2O6/c1-17(2)27(19-10-12-21(33-6)23(16-19)35-8)24(28-31)29(25(30)26(27,3)4)14-13-18-9-11-20(32-5)22(15-18)34-7/h9-12,15-17,31H,13-14H2,1-8H3/b28-24+. The lowest BCUT2D eigenvalue weighted by molar-refractivity contribution is -0.135. The summed E-state index contributed by atoms with van der Waals surface area (Å²) in [6.07, 6.45) is 0.543. The number of methoxy groups -OCH3 is 4. The van der Waals surface area contributed by atoms with E-state index in [0.717, 1.165) is 11.1 Å². The van der Waals surface area contributed by atoms with Gasteiger partial charge in [0.2, 0.25) is 5.91 Å². The van der Waals surface area contributed by atoms with Gasteiger partial charge in [0.05, 0.1) is 39.3 Å². The summed E-state index contributed by atoms with van der Waals surface area (Å²) in [7, 11) is 6.33. The molecule has 1 aliphatic heterocycles. The van der Waals surface area contributed by atoms with E-state index in [4.69, 9.17) is 18.9 Å². The number of nitrogens with zero attached hydrogens (tertiary/aromatic N) is 2. The monoisotopic (exact) mass is 484 g/mol. The first-order chi connectivity index (χ1) is 16.6. The van der Waals surface area contributed by atoms with Gasteiger partial charge in [0.15, 0.2) is 28.8 Å². The van der Waals surface area contributed by atoms with Gasteiger partial charge in [-0.05, 0) is 61.6 Å². The number of hydrogen-bond acceptors (Lipinski definition) is 7. The van der Waals surface area contributed by atoms with Crippen molar-refractivity contribution in [1.29, 1.82) is 0 Å². The van der Waals surface area contributed by atoms with Crippen LogP contribution in [0.1, 0.15) is 38.8 Å². The van der Waals surface area contributed by atoms with Gasteiger partial charge in [-0.15, -0.1) is 0 Å². The highest BCUT2D eigenvalue weighted by molar-refractivity contribution is 6.15. The molecule has 2 aromatic rings. The molecule has 1 fully saturated rings. The molecule has 3 rings (SSSR count). The van der Waals surface area contributed by atoms with Crippen molar-refractivity contribution in [2.24, 2.45) is 16.5 Å². The average Bonchev–Trinajstić information content (AvgIpc) is 3.04. The summed E-state index contributed by atoms with van der Waals surface area (Å²) in [5.41, 5.74) is 0.0132. The Bertz CT molecular complexity index is 1110. The largest absolute Gasteiger partial charge is 0.493 e. The Balaban J connectivity index is 2.07. The van der Waals surface area contributed by atoms with Crippen molar-refractivity contribution >= 4 is 11.7 Å². The zero-order valence-electron chi connectivity index (χ0n) is 21.8. The molecule has 0 aromatic heterocycles. The first-order valence-corrected chi connectivity index (χ1v) is 11.6. The maximum absolute atomic E-state index is 13.8. The average molecular weight is 485 g/mol.